The average molecular weight is 382 g/mol. The van der Waals surface area contributed by atoms with Crippen LogP contribution in [0.25, 0.3) is 0 Å². The van der Waals surface area contributed by atoms with E-state index in [0.717, 1.165) is 17.7 Å². The molecule has 7 heteroatoms. The molecule has 1 fully saturated rings. The Morgan fingerprint density at radius 3 is 2.54 bits per heavy atom. The fourth-order valence-corrected chi connectivity index (χ4v) is 3.30. The highest BCUT2D eigenvalue weighted by atomic mass is 16.5. The summed E-state index contributed by atoms with van der Waals surface area (Å²) in [6.45, 7) is 4.51. The highest BCUT2D eigenvalue weighted by Crippen LogP contribution is 2.18. The van der Waals surface area contributed by atoms with Crippen LogP contribution in [-0.4, -0.2) is 66.4 Å². The summed E-state index contributed by atoms with van der Waals surface area (Å²) in [5, 5.41) is 3.27. The maximum atomic E-state index is 12.8. The number of carbonyl (C=O) groups is 2. The number of ether oxygens (including phenoxy) is 1. The van der Waals surface area contributed by atoms with Gasteiger partial charge >= 0.3 is 0 Å². The van der Waals surface area contributed by atoms with Gasteiger partial charge in [0, 0.05) is 51.4 Å². The first-order valence-electron chi connectivity index (χ1n) is 9.45. The molecule has 0 radical (unpaired) electrons. The van der Waals surface area contributed by atoms with Gasteiger partial charge in [-0.05, 0) is 30.2 Å². The third-order valence-corrected chi connectivity index (χ3v) is 4.91. The molecule has 0 aliphatic carbocycles. The first-order chi connectivity index (χ1) is 13.6. The predicted molar refractivity (Wildman–Crippen MR) is 108 cm³/mol. The van der Waals surface area contributed by atoms with Crippen molar-refractivity contribution in [1.29, 1.82) is 0 Å². The number of carbonyl (C=O) groups excluding carboxylic acids is 2. The molecule has 7 nitrogen and oxygen atoms in total. The van der Waals surface area contributed by atoms with Crippen LogP contribution in [0.5, 0.6) is 5.75 Å². The van der Waals surface area contributed by atoms with Gasteiger partial charge in [-0.25, -0.2) is 4.98 Å². The molecule has 3 rings (SSSR count). The lowest BCUT2D eigenvalue weighted by atomic mass is 10.1. The number of benzene rings is 1. The van der Waals surface area contributed by atoms with Crippen LogP contribution in [0.1, 0.15) is 22.8 Å². The van der Waals surface area contributed by atoms with Crippen molar-refractivity contribution < 1.29 is 14.3 Å². The Balaban J connectivity index is 1.56. The number of aromatic nitrogens is 1. The molecule has 1 aliphatic heterocycles. The second-order valence-corrected chi connectivity index (χ2v) is 6.72. The number of anilines is 1. The molecule has 1 aliphatic rings. The van der Waals surface area contributed by atoms with Crippen molar-refractivity contribution in [3.8, 4) is 5.75 Å². The highest BCUT2D eigenvalue weighted by molar-refractivity contribution is 5.95. The molecule has 0 bridgehead atoms. The fourth-order valence-electron chi connectivity index (χ4n) is 3.30. The molecule has 2 amide bonds. The van der Waals surface area contributed by atoms with E-state index in [1.165, 1.54) is 0 Å². The average Bonchev–Trinajstić information content (AvgIpc) is 2.74. The van der Waals surface area contributed by atoms with E-state index in [9.17, 15) is 9.59 Å². The van der Waals surface area contributed by atoms with Crippen LogP contribution in [0, 0.1) is 0 Å². The fraction of sp³-hybridized carbons (Fsp3) is 0.381. The Morgan fingerprint density at radius 2 is 1.82 bits per heavy atom. The Hall–Kier alpha value is -3.09. The van der Waals surface area contributed by atoms with E-state index in [4.69, 9.17) is 4.74 Å². The molecular weight excluding hydrogens is 356 g/mol. The summed E-state index contributed by atoms with van der Waals surface area (Å²) in [5.74, 6) is 1.56. The van der Waals surface area contributed by atoms with Crippen LogP contribution in [0.3, 0.4) is 0 Å². The zero-order chi connectivity index (χ0) is 19.9. The SMILES string of the molecule is COc1ccccc1CCNc1cc(C(=O)N2CCN(C(C)=O)CC2)ccn1. The molecule has 1 aromatic carbocycles. The van der Waals surface area contributed by atoms with Gasteiger partial charge in [0.1, 0.15) is 11.6 Å². The van der Waals surface area contributed by atoms with E-state index >= 15 is 0 Å². The number of amides is 2. The summed E-state index contributed by atoms with van der Waals surface area (Å²) in [6, 6.07) is 11.4. The molecule has 148 valence electrons. The second-order valence-electron chi connectivity index (χ2n) is 6.72. The third-order valence-electron chi connectivity index (χ3n) is 4.91. The lowest BCUT2D eigenvalue weighted by Gasteiger charge is -2.34. The van der Waals surface area contributed by atoms with E-state index < -0.39 is 0 Å². The van der Waals surface area contributed by atoms with Gasteiger partial charge in [0.05, 0.1) is 7.11 Å². The van der Waals surface area contributed by atoms with Crippen molar-refractivity contribution in [1.82, 2.24) is 14.8 Å². The molecule has 0 unspecified atom stereocenters. The molecule has 1 aromatic heterocycles. The molecule has 28 heavy (non-hydrogen) atoms. The number of methoxy groups -OCH3 is 1. The van der Waals surface area contributed by atoms with E-state index in [1.807, 2.05) is 24.3 Å². The summed E-state index contributed by atoms with van der Waals surface area (Å²) >= 11 is 0. The van der Waals surface area contributed by atoms with Gasteiger partial charge in [0.15, 0.2) is 0 Å². The van der Waals surface area contributed by atoms with E-state index in [-0.39, 0.29) is 11.8 Å². The van der Waals surface area contributed by atoms with Crippen molar-refractivity contribution in [2.45, 2.75) is 13.3 Å². The summed E-state index contributed by atoms with van der Waals surface area (Å²) < 4.78 is 5.37. The predicted octanol–water partition coefficient (Wildman–Crippen LogP) is 2.05. The monoisotopic (exact) mass is 382 g/mol. The molecule has 1 saturated heterocycles. The number of hydrogen-bond donors (Lipinski definition) is 1. The number of rotatable bonds is 6. The van der Waals surface area contributed by atoms with Crippen molar-refractivity contribution in [3.63, 3.8) is 0 Å². The lowest BCUT2D eigenvalue weighted by Crippen LogP contribution is -2.50. The minimum absolute atomic E-state index is 0.0293. The zero-order valence-electron chi connectivity index (χ0n) is 16.4. The van der Waals surface area contributed by atoms with Gasteiger partial charge in [0.2, 0.25) is 5.91 Å². The van der Waals surface area contributed by atoms with Gasteiger partial charge in [0.25, 0.3) is 5.91 Å². The second kappa shape index (κ2) is 9.21. The van der Waals surface area contributed by atoms with Crippen molar-refractivity contribution in [3.05, 3.63) is 53.7 Å². The molecule has 0 atom stereocenters. The van der Waals surface area contributed by atoms with Crippen molar-refractivity contribution >= 4 is 17.6 Å². The number of pyridine rings is 1. The summed E-state index contributed by atoms with van der Waals surface area (Å²) in [4.78, 5) is 32.0. The van der Waals surface area contributed by atoms with Crippen LogP contribution >= 0.6 is 0 Å². The smallest absolute Gasteiger partial charge is 0.254 e. The van der Waals surface area contributed by atoms with E-state index in [2.05, 4.69) is 10.3 Å². The summed E-state index contributed by atoms with van der Waals surface area (Å²) in [6.07, 6.45) is 2.43. The number of hydrogen-bond acceptors (Lipinski definition) is 5. The Kier molecular flexibility index (Phi) is 6.47. The van der Waals surface area contributed by atoms with Gasteiger partial charge in [-0.15, -0.1) is 0 Å². The largest absolute Gasteiger partial charge is 0.496 e. The summed E-state index contributed by atoms with van der Waals surface area (Å²) in [7, 11) is 1.67. The number of nitrogens with zero attached hydrogens (tertiary/aromatic N) is 3. The number of para-hydroxylation sites is 1. The summed E-state index contributed by atoms with van der Waals surface area (Å²) in [5.41, 5.74) is 1.72. The van der Waals surface area contributed by atoms with Gasteiger partial charge in [-0.1, -0.05) is 18.2 Å². The molecule has 2 heterocycles. The van der Waals surface area contributed by atoms with Gasteiger partial charge in [-0.2, -0.15) is 0 Å². The molecule has 0 spiro atoms. The third kappa shape index (κ3) is 4.79. The van der Waals surface area contributed by atoms with Crippen molar-refractivity contribution in [2.75, 3.05) is 45.2 Å². The Bertz CT molecular complexity index is 832. The maximum Gasteiger partial charge on any atom is 0.254 e. The number of nitrogens with one attached hydrogen (secondary N) is 1. The van der Waals surface area contributed by atoms with E-state index in [1.54, 1.807) is 42.2 Å². The molecule has 1 N–H and O–H groups in total. The van der Waals surface area contributed by atoms with E-state index in [0.29, 0.717) is 44.1 Å². The topological polar surface area (TPSA) is 74.8 Å². The standard InChI is InChI=1S/C21H26N4O3/c1-16(26)24-11-13-25(14-12-24)21(27)18-8-10-23-20(15-18)22-9-7-17-5-3-4-6-19(17)28-2/h3-6,8,10,15H,7,9,11-14H2,1-2H3,(H,22,23). The molecular formula is C21H26N4O3. The first kappa shape index (κ1) is 19.7. The normalized spacial score (nSPS) is 13.9. The van der Waals surface area contributed by atoms with Crippen LogP contribution < -0.4 is 10.1 Å². The molecule has 0 saturated carbocycles. The highest BCUT2D eigenvalue weighted by Gasteiger charge is 2.23. The Morgan fingerprint density at radius 1 is 1.11 bits per heavy atom. The van der Waals surface area contributed by atoms with Crippen LogP contribution in [-0.2, 0) is 11.2 Å². The maximum absolute atomic E-state index is 12.8. The van der Waals surface area contributed by atoms with Crippen LogP contribution in [0.4, 0.5) is 5.82 Å². The van der Waals surface area contributed by atoms with Crippen molar-refractivity contribution in [2.24, 2.45) is 0 Å². The minimum Gasteiger partial charge on any atom is -0.496 e. The van der Waals surface area contributed by atoms with Crippen LogP contribution in [0.15, 0.2) is 42.6 Å². The minimum atomic E-state index is -0.0293. The molecule has 2 aromatic rings. The quantitative estimate of drug-likeness (QED) is 0.828. The zero-order valence-corrected chi connectivity index (χ0v) is 16.4. The first-order valence-corrected chi connectivity index (χ1v) is 9.45. The lowest BCUT2D eigenvalue weighted by molar-refractivity contribution is -0.130. The van der Waals surface area contributed by atoms with Gasteiger partial charge < -0.3 is 19.9 Å². The van der Waals surface area contributed by atoms with Crippen LogP contribution in [0.2, 0.25) is 0 Å². The Labute approximate surface area is 165 Å². The van der Waals surface area contributed by atoms with Gasteiger partial charge in [-0.3, -0.25) is 9.59 Å². The number of piperazine rings is 1.